The summed E-state index contributed by atoms with van der Waals surface area (Å²) in [6, 6.07) is 5.45. The van der Waals surface area contributed by atoms with Gasteiger partial charge in [0, 0.05) is 5.56 Å². The van der Waals surface area contributed by atoms with E-state index in [9.17, 15) is 9.18 Å². The van der Waals surface area contributed by atoms with Crippen molar-refractivity contribution in [3.8, 4) is 0 Å². The van der Waals surface area contributed by atoms with Gasteiger partial charge in [0.2, 0.25) is 0 Å². The molecule has 0 bridgehead atoms. The maximum Gasteiger partial charge on any atom is 0.274 e. The van der Waals surface area contributed by atoms with Crippen LogP contribution in [0.1, 0.15) is 24.2 Å². The Hall–Kier alpha value is -1.42. The molecule has 0 unspecified atom stereocenters. The number of hydrogen-bond donors (Lipinski definition) is 1. The second-order valence-corrected chi connectivity index (χ2v) is 3.65. The highest BCUT2D eigenvalue weighted by Gasteiger charge is 2.06. The Balaban J connectivity index is 2.47. The van der Waals surface area contributed by atoms with E-state index in [1.165, 1.54) is 18.2 Å². The molecule has 82 valence electrons. The minimum Gasteiger partial charge on any atom is -0.273 e. The van der Waals surface area contributed by atoms with E-state index in [1.807, 2.05) is 13.8 Å². The number of halogens is 1. The van der Waals surface area contributed by atoms with Crippen LogP contribution in [0.4, 0.5) is 4.39 Å². The summed E-state index contributed by atoms with van der Waals surface area (Å²) in [5.74, 6) is -0.542. The molecule has 0 aromatic heterocycles. The van der Waals surface area contributed by atoms with Crippen molar-refractivity contribution in [2.24, 2.45) is 5.92 Å². The molecule has 1 aromatic carbocycles. The fraction of sp³-hybridized carbons (Fsp3) is 0.364. The molecule has 1 N–H and O–H groups in total. The first-order valence-corrected chi connectivity index (χ1v) is 4.77. The van der Waals surface area contributed by atoms with E-state index in [2.05, 4.69) is 5.48 Å². The molecule has 0 heterocycles. The van der Waals surface area contributed by atoms with Gasteiger partial charge in [-0.15, -0.1) is 0 Å². The third kappa shape index (κ3) is 4.08. The quantitative estimate of drug-likeness (QED) is 0.775. The van der Waals surface area contributed by atoms with Gasteiger partial charge in [0.15, 0.2) is 0 Å². The molecule has 0 aliphatic carbocycles. The lowest BCUT2D eigenvalue weighted by atomic mass is 10.2. The zero-order chi connectivity index (χ0) is 11.3. The van der Waals surface area contributed by atoms with Crippen LogP contribution >= 0.6 is 0 Å². The van der Waals surface area contributed by atoms with Crippen molar-refractivity contribution in [2.75, 3.05) is 6.61 Å². The Morgan fingerprint density at radius 3 is 2.87 bits per heavy atom. The summed E-state index contributed by atoms with van der Waals surface area (Å²) in [6.07, 6.45) is 0. The summed E-state index contributed by atoms with van der Waals surface area (Å²) in [5, 5.41) is 0. The molecule has 1 aromatic rings. The third-order valence-corrected chi connectivity index (χ3v) is 1.67. The predicted molar refractivity (Wildman–Crippen MR) is 54.7 cm³/mol. The van der Waals surface area contributed by atoms with E-state index in [4.69, 9.17) is 4.84 Å². The van der Waals surface area contributed by atoms with Gasteiger partial charge in [-0.2, -0.15) is 0 Å². The van der Waals surface area contributed by atoms with Gasteiger partial charge in [-0.1, -0.05) is 19.9 Å². The number of benzene rings is 1. The molecule has 0 radical (unpaired) electrons. The smallest absolute Gasteiger partial charge is 0.273 e. The lowest BCUT2D eigenvalue weighted by Gasteiger charge is -2.07. The summed E-state index contributed by atoms with van der Waals surface area (Å²) < 4.78 is 12.8. The third-order valence-electron chi connectivity index (χ3n) is 1.67. The second kappa shape index (κ2) is 5.46. The van der Waals surface area contributed by atoms with E-state index in [1.54, 1.807) is 0 Å². The lowest BCUT2D eigenvalue weighted by Crippen LogP contribution is -2.25. The normalized spacial score (nSPS) is 10.4. The summed E-state index contributed by atoms with van der Waals surface area (Å²) in [6.45, 7) is 4.36. The molecule has 0 spiro atoms. The average Bonchev–Trinajstić information content (AvgIpc) is 2.17. The Morgan fingerprint density at radius 1 is 1.53 bits per heavy atom. The monoisotopic (exact) mass is 211 g/mol. The maximum absolute atomic E-state index is 12.8. The molecule has 0 fully saturated rings. The number of rotatable bonds is 4. The predicted octanol–water partition coefficient (Wildman–Crippen LogP) is 2.14. The molecule has 0 aliphatic rings. The summed E-state index contributed by atoms with van der Waals surface area (Å²) in [4.78, 5) is 16.3. The van der Waals surface area contributed by atoms with Gasteiger partial charge in [-0.25, -0.2) is 9.87 Å². The first-order chi connectivity index (χ1) is 7.09. The molecule has 0 saturated heterocycles. The van der Waals surface area contributed by atoms with Gasteiger partial charge < -0.3 is 0 Å². The fourth-order valence-electron chi connectivity index (χ4n) is 0.963. The fourth-order valence-corrected chi connectivity index (χ4v) is 0.963. The van der Waals surface area contributed by atoms with Crippen LogP contribution in [0.5, 0.6) is 0 Å². The minimum absolute atomic E-state index is 0.249. The van der Waals surface area contributed by atoms with Crippen LogP contribution < -0.4 is 5.48 Å². The number of nitrogens with one attached hydrogen (secondary N) is 1. The van der Waals surface area contributed by atoms with Gasteiger partial charge in [0.05, 0.1) is 6.61 Å². The van der Waals surface area contributed by atoms with Crippen LogP contribution in [0.15, 0.2) is 24.3 Å². The zero-order valence-electron chi connectivity index (χ0n) is 8.79. The van der Waals surface area contributed by atoms with E-state index in [0.29, 0.717) is 12.5 Å². The van der Waals surface area contributed by atoms with Crippen LogP contribution in [0.2, 0.25) is 0 Å². The molecule has 1 rings (SSSR count). The van der Waals surface area contributed by atoms with Crippen LogP contribution in [0.25, 0.3) is 0 Å². The van der Waals surface area contributed by atoms with Crippen molar-refractivity contribution in [2.45, 2.75) is 13.8 Å². The summed E-state index contributed by atoms with van der Waals surface area (Å²) >= 11 is 0. The van der Waals surface area contributed by atoms with E-state index < -0.39 is 11.7 Å². The van der Waals surface area contributed by atoms with E-state index in [-0.39, 0.29) is 5.56 Å². The molecule has 0 atom stereocenters. The number of hydrogen-bond acceptors (Lipinski definition) is 2. The first-order valence-electron chi connectivity index (χ1n) is 4.77. The van der Waals surface area contributed by atoms with Crippen LogP contribution in [0.3, 0.4) is 0 Å². The molecular formula is C11H14FNO2. The molecule has 4 heteroatoms. The Labute approximate surface area is 88.2 Å². The Bertz CT molecular complexity index is 339. The highest BCUT2D eigenvalue weighted by atomic mass is 19.1. The lowest BCUT2D eigenvalue weighted by molar-refractivity contribution is 0.0208. The van der Waals surface area contributed by atoms with Crippen LogP contribution in [0, 0.1) is 11.7 Å². The molecule has 0 saturated carbocycles. The van der Waals surface area contributed by atoms with Crippen molar-refractivity contribution in [1.29, 1.82) is 0 Å². The standard InChI is InChI=1S/C11H14FNO2/c1-8(2)7-15-13-11(14)9-4-3-5-10(12)6-9/h3-6,8H,7H2,1-2H3,(H,13,14). The Morgan fingerprint density at radius 2 is 2.27 bits per heavy atom. The molecule has 3 nitrogen and oxygen atoms in total. The Kier molecular flexibility index (Phi) is 4.24. The summed E-state index contributed by atoms with van der Waals surface area (Å²) in [5.41, 5.74) is 2.50. The molecule has 0 aliphatic heterocycles. The second-order valence-electron chi connectivity index (χ2n) is 3.65. The zero-order valence-corrected chi connectivity index (χ0v) is 8.79. The van der Waals surface area contributed by atoms with Crippen molar-refractivity contribution in [1.82, 2.24) is 5.48 Å². The topological polar surface area (TPSA) is 38.3 Å². The van der Waals surface area contributed by atoms with Crippen molar-refractivity contribution in [3.63, 3.8) is 0 Å². The SMILES string of the molecule is CC(C)CONC(=O)c1cccc(F)c1. The van der Waals surface area contributed by atoms with E-state index in [0.717, 1.165) is 6.07 Å². The maximum atomic E-state index is 12.8. The van der Waals surface area contributed by atoms with Crippen LogP contribution in [-0.4, -0.2) is 12.5 Å². The molecule has 1 amide bonds. The number of carbonyl (C=O) groups excluding carboxylic acids is 1. The van der Waals surface area contributed by atoms with Crippen LogP contribution in [-0.2, 0) is 4.84 Å². The van der Waals surface area contributed by atoms with Crippen molar-refractivity contribution in [3.05, 3.63) is 35.6 Å². The molecule has 15 heavy (non-hydrogen) atoms. The van der Waals surface area contributed by atoms with Crippen molar-refractivity contribution < 1.29 is 14.0 Å². The largest absolute Gasteiger partial charge is 0.274 e. The number of hydroxylamine groups is 1. The highest BCUT2D eigenvalue weighted by molar-refractivity contribution is 5.93. The van der Waals surface area contributed by atoms with Gasteiger partial charge in [-0.05, 0) is 24.1 Å². The average molecular weight is 211 g/mol. The molecular weight excluding hydrogens is 197 g/mol. The first kappa shape index (κ1) is 11.7. The van der Waals surface area contributed by atoms with Gasteiger partial charge >= 0.3 is 0 Å². The summed E-state index contributed by atoms with van der Waals surface area (Å²) in [7, 11) is 0. The van der Waals surface area contributed by atoms with Gasteiger partial charge in [0.25, 0.3) is 5.91 Å². The number of carbonyl (C=O) groups is 1. The van der Waals surface area contributed by atoms with E-state index >= 15 is 0 Å². The minimum atomic E-state index is -0.438. The number of amides is 1. The highest BCUT2D eigenvalue weighted by Crippen LogP contribution is 2.03. The van der Waals surface area contributed by atoms with Crippen molar-refractivity contribution >= 4 is 5.91 Å². The van der Waals surface area contributed by atoms with Gasteiger partial charge in [-0.3, -0.25) is 9.63 Å². The van der Waals surface area contributed by atoms with Gasteiger partial charge in [0.1, 0.15) is 5.82 Å².